The molecule has 1 aromatic carbocycles. The summed E-state index contributed by atoms with van der Waals surface area (Å²) in [5, 5.41) is 2.81. The number of hydrogen-bond acceptors (Lipinski definition) is 1. The first-order valence-corrected chi connectivity index (χ1v) is 4.50. The van der Waals surface area contributed by atoms with Gasteiger partial charge in [0.15, 0.2) is 0 Å². The fourth-order valence-corrected chi connectivity index (χ4v) is 1.33. The summed E-state index contributed by atoms with van der Waals surface area (Å²) in [5.41, 5.74) is 3.35. The first-order valence-electron chi connectivity index (χ1n) is 4.50. The summed E-state index contributed by atoms with van der Waals surface area (Å²) < 4.78 is 0. The van der Waals surface area contributed by atoms with Crippen LogP contribution in [0.4, 0.5) is 5.69 Å². The lowest BCUT2D eigenvalue weighted by molar-refractivity contribution is -0.114. The maximum atomic E-state index is 10.9. The lowest BCUT2D eigenvalue weighted by Gasteiger charge is -2.08. The average molecular weight is 175 g/mol. The molecule has 0 atom stereocenters. The summed E-state index contributed by atoms with van der Waals surface area (Å²) in [6.45, 7) is 3.61. The zero-order valence-corrected chi connectivity index (χ0v) is 8.35. The fourth-order valence-electron chi connectivity index (χ4n) is 1.33. The number of rotatable bonds is 2. The first kappa shape index (κ1) is 9.84. The summed E-state index contributed by atoms with van der Waals surface area (Å²) in [4.78, 5) is 10.9. The van der Waals surface area contributed by atoms with E-state index in [2.05, 4.69) is 26.2 Å². The third-order valence-electron chi connectivity index (χ3n) is 1.95. The number of nitrogens with one attached hydrogen (secondary N) is 1. The van der Waals surface area contributed by atoms with E-state index in [0.29, 0.717) is 0 Å². The van der Waals surface area contributed by atoms with Crippen molar-refractivity contribution in [1.82, 2.24) is 0 Å². The topological polar surface area (TPSA) is 29.1 Å². The number of carbonyl (C=O) groups is 1. The van der Waals surface area contributed by atoms with Gasteiger partial charge in [-0.1, -0.05) is 24.5 Å². The van der Waals surface area contributed by atoms with Gasteiger partial charge in [-0.15, -0.1) is 0 Å². The second-order valence-corrected chi connectivity index (χ2v) is 3.20. The standard InChI is InChI=1S/C10H14BNO/c1-3-8-6-9(11)4-5-10(8)12-7(2)13/h4-6H,3,11H2,1-2H3,(H,12,13). The van der Waals surface area contributed by atoms with E-state index in [0.717, 1.165) is 12.1 Å². The van der Waals surface area contributed by atoms with Gasteiger partial charge in [-0.25, -0.2) is 0 Å². The summed E-state index contributed by atoms with van der Waals surface area (Å²) in [5.74, 6) is -0.0152. The minimum atomic E-state index is -0.0152. The van der Waals surface area contributed by atoms with Crippen LogP contribution in [0.3, 0.4) is 0 Å². The molecular formula is C10H14BNO. The van der Waals surface area contributed by atoms with Crippen LogP contribution in [0.5, 0.6) is 0 Å². The van der Waals surface area contributed by atoms with Gasteiger partial charge in [0.1, 0.15) is 7.85 Å². The number of aryl methyl sites for hydroxylation is 1. The molecule has 3 heteroatoms. The SMILES string of the molecule is Bc1ccc(NC(C)=O)c(CC)c1. The molecule has 0 radical (unpaired) electrons. The molecule has 0 aliphatic carbocycles. The summed E-state index contributed by atoms with van der Waals surface area (Å²) in [6.07, 6.45) is 0.942. The molecule has 0 aliphatic heterocycles. The maximum absolute atomic E-state index is 10.9. The predicted molar refractivity (Wildman–Crippen MR) is 58.3 cm³/mol. The van der Waals surface area contributed by atoms with Crippen molar-refractivity contribution in [3.63, 3.8) is 0 Å². The van der Waals surface area contributed by atoms with Crippen LogP contribution in [0, 0.1) is 0 Å². The molecule has 0 aromatic heterocycles. The Balaban J connectivity index is 2.99. The van der Waals surface area contributed by atoms with Gasteiger partial charge in [0, 0.05) is 12.6 Å². The molecule has 0 bridgehead atoms. The Morgan fingerprint density at radius 1 is 1.54 bits per heavy atom. The monoisotopic (exact) mass is 175 g/mol. The van der Waals surface area contributed by atoms with Crippen LogP contribution < -0.4 is 10.8 Å². The van der Waals surface area contributed by atoms with Crippen molar-refractivity contribution >= 4 is 24.9 Å². The molecule has 1 aromatic rings. The van der Waals surface area contributed by atoms with E-state index in [1.807, 2.05) is 12.1 Å². The van der Waals surface area contributed by atoms with Crippen LogP contribution >= 0.6 is 0 Å². The second-order valence-electron chi connectivity index (χ2n) is 3.20. The molecule has 13 heavy (non-hydrogen) atoms. The number of amides is 1. The Kier molecular flexibility index (Phi) is 3.12. The van der Waals surface area contributed by atoms with Crippen LogP contribution in [0.2, 0.25) is 0 Å². The van der Waals surface area contributed by atoms with Crippen molar-refractivity contribution in [3.8, 4) is 0 Å². The van der Waals surface area contributed by atoms with Crippen molar-refractivity contribution in [1.29, 1.82) is 0 Å². The minimum absolute atomic E-state index is 0.0152. The Bertz CT molecular complexity index is 323. The first-order chi connectivity index (χ1) is 6.13. The van der Waals surface area contributed by atoms with E-state index in [-0.39, 0.29) is 5.91 Å². The molecule has 0 aliphatic rings. The Morgan fingerprint density at radius 3 is 2.77 bits per heavy atom. The molecule has 68 valence electrons. The summed E-state index contributed by atoms with van der Waals surface area (Å²) in [6, 6.07) is 6.06. The van der Waals surface area contributed by atoms with Crippen molar-refractivity contribution in [2.75, 3.05) is 5.32 Å². The van der Waals surface area contributed by atoms with Crippen molar-refractivity contribution in [2.45, 2.75) is 20.3 Å². The van der Waals surface area contributed by atoms with Crippen LogP contribution in [-0.2, 0) is 11.2 Å². The van der Waals surface area contributed by atoms with Crippen LogP contribution in [0.1, 0.15) is 19.4 Å². The van der Waals surface area contributed by atoms with E-state index in [1.54, 1.807) is 0 Å². The van der Waals surface area contributed by atoms with Crippen LogP contribution in [0.25, 0.3) is 0 Å². The largest absolute Gasteiger partial charge is 0.326 e. The number of hydrogen-bond donors (Lipinski definition) is 1. The fraction of sp³-hybridized carbons (Fsp3) is 0.300. The number of anilines is 1. The molecule has 0 spiro atoms. The summed E-state index contributed by atoms with van der Waals surface area (Å²) >= 11 is 0. The number of benzene rings is 1. The van der Waals surface area contributed by atoms with Crippen LogP contribution in [-0.4, -0.2) is 13.8 Å². The van der Waals surface area contributed by atoms with Gasteiger partial charge >= 0.3 is 0 Å². The van der Waals surface area contributed by atoms with E-state index < -0.39 is 0 Å². The Morgan fingerprint density at radius 2 is 2.23 bits per heavy atom. The van der Waals surface area contributed by atoms with E-state index >= 15 is 0 Å². The van der Waals surface area contributed by atoms with E-state index in [1.165, 1.54) is 17.9 Å². The summed E-state index contributed by atoms with van der Waals surface area (Å²) in [7, 11) is 2.05. The lowest BCUT2D eigenvalue weighted by atomic mass is 9.93. The molecule has 0 fully saturated rings. The van der Waals surface area contributed by atoms with Gasteiger partial charge in [0.05, 0.1) is 0 Å². The molecule has 1 amide bonds. The average Bonchev–Trinajstić information content (AvgIpc) is 2.07. The molecule has 0 unspecified atom stereocenters. The lowest BCUT2D eigenvalue weighted by Crippen LogP contribution is -2.11. The zero-order valence-electron chi connectivity index (χ0n) is 8.35. The third-order valence-corrected chi connectivity index (χ3v) is 1.95. The van der Waals surface area contributed by atoms with Gasteiger partial charge < -0.3 is 5.32 Å². The van der Waals surface area contributed by atoms with Gasteiger partial charge in [0.2, 0.25) is 5.91 Å². The molecular weight excluding hydrogens is 161 g/mol. The quantitative estimate of drug-likeness (QED) is 0.650. The molecule has 0 heterocycles. The predicted octanol–water partition coefficient (Wildman–Crippen LogP) is 0.466. The van der Waals surface area contributed by atoms with Gasteiger partial charge in [-0.3, -0.25) is 4.79 Å². The van der Waals surface area contributed by atoms with E-state index in [4.69, 9.17) is 0 Å². The molecule has 0 saturated heterocycles. The zero-order chi connectivity index (χ0) is 9.84. The smallest absolute Gasteiger partial charge is 0.221 e. The highest BCUT2D eigenvalue weighted by Crippen LogP contribution is 2.13. The van der Waals surface area contributed by atoms with Crippen molar-refractivity contribution in [3.05, 3.63) is 23.8 Å². The minimum Gasteiger partial charge on any atom is -0.326 e. The molecule has 2 nitrogen and oxygen atoms in total. The number of carbonyl (C=O) groups excluding carboxylic acids is 1. The van der Waals surface area contributed by atoms with Crippen molar-refractivity contribution in [2.24, 2.45) is 0 Å². The molecule has 1 N–H and O–H groups in total. The Labute approximate surface area is 79.8 Å². The third kappa shape index (κ3) is 2.62. The van der Waals surface area contributed by atoms with Crippen LogP contribution in [0.15, 0.2) is 18.2 Å². The van der Waals surface area contributed by atoms with Gasteiger partial charge in [0.25, 0.3) is 0 Å². The maximum Gasteiger partial charge on any atom is 0.221 e. The highest BCUT2D eigenvalue weighted by molar-refractivity contribution is 6.32. The van der Waals surface area contributed by atoms with E-state index in [9.17, 15) is 4.79 Å². The highest BCUT2D eigenvalue weighted by atomic mass is 16.1. The highest BCUT2D eigenvalue weighted by Gasteiger charge is 2.01. The Hall–Kier alpha value is -1.25. The molecule has 0 saturated carbocycles. The molecule has 1 rings (SSSR count). The normalized spacial score (nSPS) is 9.69. The van der Waals surface area contributed by atoms with Gasteiger partial charge in [-0.2, -0.15) is 0 Å². The van der Waals surface area contributed by atoms with Crippen molar-refractivity contribution < 1.29 is 4.79 Å². The second kappa shape index (κ2) is 4.12. The van der Waals surface area contributed by atoms with Gasteiger partial charge in [-0.05, 0) is 18.1 Å².